The highest BCUT2D eigenvalue weighted by Crippen LogP contribution is 2.40. The van der Waals surface area contributed by atoms with Gasteiger partial charge >= 0.3 is 0 Å². The smallest absolute Gasteiger partial charge is 0.125 e. The molecule has 0 saturated heterocycles. The van der Waals surface area contributed by atoms with Crippen LogP contribution in [-0.4, -0.2) is 12.0 Å². The Morgan fingerprint density at radius 3 is 2.95 bits per heavy atom. The normalized spacial score (nSPS) is 18.4. The van der Waals surface area contributed by atoms with Crippen LogP contribution in [0.25, 0.3) is 10.6 Å². The summed E-state index contributed by atoms with van der Waals surface area (Å²) in [5, 5.41) is 5.68. The van der Waals surface area contributed by atoms with Crippen LogP contribution in [0.3, 0.4) is 0 Å². The molecule has 19 heavy (non-hydrogen) atoms. The Morgan fingerprint density at radius 2 is 2.21 bits per heavy atom. The molecular formula is C14H14Cl2N2S. The molecule has 1 atom stereocenters. The quantitative estimate of drug-likeness (QED) is 0.868. The number of hydrogen-bond acceptors (Lipinski definition) is 3. The van der Waals surface area contributed by atoms with E-state index in [9.17, 15) is 0 Å². The first kappa shape index (κ1) is 13.4. The van der Waals surface area contributed by atoms with E-state index in [2.05, 4.69) is 5.32 Å². The van der Waals surface area contributed by atoms with Gasteiger partial charge in [0, 0.05) is 21.5 Å². The molecule has 100 valence electrons. The fourth-order valence-electron chi connectivity index (χ4n) is 2.47. The van der Waals surface area contributed by atoms with Crippen LogP contribution in [0, 0.1) is 0 Å². The second kappa shape index (κ2) is 5.41. The first-order valence-corrected chi connectivity index (χ1v) is 7.88. The van der Waals surface area contributed by atoms with Gasteiger partial charge in [0.15, 0.2) is 0 Å². The highest BCUT2D eigenvalue weighted by Gasteiger charge is 2.24. The summed E-state index contributed by atoms with van der Waals surface area (Å²) in [5.41, 5.74) is 2.19. The fourth-order valence-corrected chi connectivity index (χ4v) is 4.32. The Balaban J connectivity index is 2.05. The van der Waals surface area contributed by atoms with Crippen molar-refractivity contribution in [1.29, 1.82) is 0 Å². The van der Waals surface area contributed by atoms with Crippen molar-refractivity contribution in [2.75, 3.05) is 7.05 Å². The van der Waals surface area contributed by atoms with Gasteiger partial charge in [-0.05, 0) is 44.5 Å². The number of nitrogens with one attached hydrogen (secondary N) is 1. The Morgan fingerprint density at radius 1 is 1.37 bits per heavy atom. The molecule has 2 nitrogen and oxygen atoms in total. The monoisotopic (exact) mass is 312 g/mol. The van der Waals surface area contributed by atoms with E-state index in [0.717, 1.165) is 17.0 Å². The van der Waals surface area contributed by atoms with Gasteiger partial charge in [-0.25, -0.2) is 4.98 Å². The zero-order chi connectivity index (χ0) is 13.4. The standard InChI is InChI=1S/C14H14Cl2N2S/c1-17-11-3-2-4-12-13(11)19-14(18-12)9-6-5-8(15)7-10(9)16/h5-7,11,17H,2-4H2,1H3. The lowest BCUT2D eigenvalue weighted by atomic mass is 9.98. The molecule has 1 aliphatic rings. The summed E-state index contributed by atoms with van der Waals surface area (Å²) in [5.74, 6) is 0. The van der Waals surface area contributed by atoms with Gasteiger partial charge in [-0.2, -0.15) is 0 Å². The summed E-state index contributed by atoms with van der Waals surface area (Å²) >= 11 is 13.9. The molecule has 3 rings (SSSR count). The van der Waals surface area contributed by atoms with Crippen LogP contribution < -0.4 is 5.32 Å². The molecule has 0 fully saturated rings. The number of fused-ring (bicyclic) bond motifs is 1. The number of aromatic nitrogens is 1. The number of halogens is 2. The number of aryl methyl sites for hydroxylation is 1. The maximum absolute atomic E-state index is 6.26. The average Bonchev–Trinajstić information content (AvgIpc) is 2.81. The van der Waals surface area contributed by atoms with Crippen LogP contribution in [0.1, 0.15) is 29.5 Å². The number of hydrogen-bond donors (Lipinski definition) is 1. The van der Waals surface area contributed by atoms with Gasteiger partial charge in [0.1, 0.15) is 5.01 Å². The van der Waals surface area contributed by atoms with Crippen molar-refractivity contribution in [3.05, 3.63) is 38.8 Å². The Bertz CT molecular complexity index is 609. The Hall–Kier alpha value is -0.610. The maximum atomic E-state index is 6.26. The van der Waals surface area contributed by atoms with Crippen LogP contribution in [0.4, 0.5) is 0 Å². The Kier molecular flexibility index (Phi) is 3.81. The highest BCUT2D eigenvalue weighted by molar-refractivity contribution is 7.15. The van der Waals surface area contributed by atoms with E-state index in [-0.39, 0.29) is 0 Å². The van der Waals surface area contributed by atoms with Gasteiger partial charge < -0.3 is 5.32 Å². The zero-order valence-electron chi connectivity index (χ0n) is 10.5. The van der Waals surface area contributed by atoms with E-state index in [0.29, 0.717) is 16.1 Å². The molecule has 0 saturated carbocycles. The first-order valence-electron chi connectivity index (χ1n) is 6.31. The van der Waals surface area contributed by atoms with Crippen LogP contribution in [-0.2, 0) is 6.42 Å². The average molecular weight is 313 g/mol. The number of thiazole rings is 1. The molecular weight excluding hydrogens is 299 g/mol. The summed E-state index contributed by atoms with van der Waals surface area (Å²) in [6.45, 7) is 0. The second-order valence-electron chi connectivity index (χ2n) is 4.69. The molecule has 0 amide bonds. The minimum atomic E-state index is 0.432. The summed E-state index contributed by atoms with van der Waals surface area (Å²) < 4.78 is 0. The van der Waals surface area contributed by atoms with Crippen molar-refractivity contribution in [1.82, 2.24) is 10.3 Å². The number of rotatable bonds is 2. The molecule has 0 aliphatic heterocycles. The van der Waals surface area contributed by atoms with Crippen molar-refractivity contribution in [2.45, 2.75) is 25.3 Å². The van der Waals surface area contributed by atoms with E-state index in [1.807, 2.05) is 19.2 Å². The third-order valence-corrected chi connectivity index (χ3v) is 5.25. The van der Waals surface area contributed by atoms with Crippen LogP contribution in [0.15, 0.2) is 18.2 Å². The lowest BCUT2D eigenvalue weighted by molar-refractivity contribution is 0.501. The molecule has 2 aromatic rings. The summed E-state index contributed by atoms with van der Waals surface area (Å²) in [7, 11) is 2.01. The fraction of sp³-hybridized carbons (Fsp3) is 0.357. The second-order valence-corrected chi connectivity index (χ2v) is 6.56. The zero-order valence-corrected chi connectivity index (χ0v) is 12.9. The summed E-state index contributed by atoms with van der Waals surface area (Å²) in [4.78, 5) is 6.12. The predicted octanol–water partition coefficient (Wildman–Crippen LogP) is 4.71. The number of benzene rings is 1. The molecule has 5 heteroatoms. The van der Waals surface area contributed by atoms with Gasteiger partial charge in [-0.3, -0.25) is 0 Å². The van der Waals surface area contributed by atoms with E-state index in [1.54, 1.807) is 17.4 Å². The van der Waals surface area contributed by atoms with Crippen molar-refractivity contribution in [3.8, 4) is 10.6 Å². The SMILES string of the molecule is CNC1CCCc2nc(-c3ccc(Cl)cc3Cl)sc21. The minimum Gasteiger partial charge on any atom is -0.312 e. The van der Waals surface area contributed by atoms with Crippen molar-refractivity contribution < 1.29 is 0 Å². The molecule has 0 bridgehead atoms. The molecule has 1 aromatic heterocycles. The van der Waals surface area contributed by atoms with Crippen molar-refractivity contribution in [2.24, 2.45) is 0 Å². The van der Waals surface area contributed by atoms with Gasteiger partial charge in [0.2, 0.25) is 0 Å². The van der Waals surface area contributed by atoms with Crippen LogP contribution >= 0.6 is 34.5 Å². The highest BCUT2D eigenvalue weighted by atomic mass is 35.5. The van der Waals surface area contributed by atoms with Gasteiger partial charge in [0.05, 0.1) is 10.7 Å². The van der Waals surface area contributed by atoms with Crippen LogP contribution in [0.2, 0.25) is 10.0 Å². The predicted molar refractivity (Wildman–Crippen MR) is 82.3 cm³/mol. The molecule has 1 aliphatic carbocycles. The lowest BCUT2D eigenvalue weighted by Crippen LogP contribution is -2.19. The topological polar surface area (TPSA) is 24.9 Å². The maximum Gasteiger partial charge on any atom is 0.125 e. The van der Waals surface area contributed by atoms with Gasteiger partial charge in [-0.15, -0.1) is 11.3 Å². The summed E-state index contributed by atoms with van der Waals surface area (Å²) in [6, 6.07) is 6.01. The van der Waals surface area contributed by atoms with Crippen LogP contribution in [0.5, 0.6) is 0 Å². The largest absolute Gasteiger partial charge is 0.312 e. The third kappa shape index (κ3) is 2.52. The number of nitrogens with zero attached hydrogens (tertiary/aromatic N) is 1. The van der Waals surface area contributed by atoms with E-state index in [1.165, 1.54) is 23.4 Å². The minimum absolute atomic E-state index is 0.432. The third-order valence-electron chi connectivity index (χ3n) is 3.46. The molecule has 0 radical (unpaired) electrons. The molecule has 1 heterocycles. The molecule has 1 unspecified atom stereocenters. The lowest BCUT2D eigenvalue weighted by Gasteiger charge is -2.19. The molecule has 0 spiro atoms. The van der Waals surface area contributed by atoms with Gasteiger partial charge in [-0.1, -0.05) is 23.2 Å². The van der Waals surface area contributed by atoms with Crippen molar-refractivity contribution in [3.63, 3.8) is 0 Å². The van der Waals surface area contributed by atoms with Gasteiger partial charge in [0.25, 0.3) is 0 Å². The molecule has 1 N–H and O–H groups in total. The Labute approximate surface area is 126 Å². The van der Waals surface area contributed by atoms with E-state index >= 15 is 0 Å². The van der Waals surface area contributed by atoms with E-state index < -0.39 is 0 Å². The van der Waals surface area contributed by atoms with Crippen molar-refractivity contribution >= 4 is 34.5 Å². The summed E-state index contributed by atoms with van der Waals surface area (Å²) in [6.07, 6.45) is 3.44. The molecule has 1 aromatic carbocycles. The first-order chi connectivity index (χ1) is 9.19. The van der Waals surface area contributed by atoms with E-state index in [4.69, 9.17) is 28.2 Å².